The molecule has 2 N–H and O–H groups in total. The van der Waals surface area contributed by atoms with E-state index in [9.17, 15) is 4.79 Å². The normalized spacial score (nSPS) is 17.9. The van der Waals surface area contributed by atoms with Crippen LogP contribution in [0.4, 0.5) is 5.69 Å². The van der Waals surface area contributed by atoms with Gasteiger partial charge in [-0.05, 0) is 37.8 Å². The van der Waals surface area contributed by atoms with Gasteiger partial charge >= 0.3 is 0 Å². The van der Waals surface area contributed by atoms with Crippen molar-refractivity contribution >= 4 is 11.6 Å². The number of hydrogen-bond acceptors (Lipinski definition) is 3. The van der Waals surface area contributed by atoms with Crippen molar-refractivity contribution in [3.8, 4) is 0 Å². The highest BCUT2D eigenvalue weighted by atomic mass is 16.5. The second-order valence-corrected chi connectivity index (χ2v) is 5.03. The van der Waals surface area contributed by atoms with Crippen LogP contribution in [0.25, 0.3) is 0 Å². The first kappa shape index (κ1) is 14.0. The van der Waals surface area contributed by atoms with E-state index in [0.29, 0.717) is 18.5 Å². The molecule has 1 saturated heterocycles. The lowest BCUT2D eigenvalue weighted by Gasteiger charge is -2.28. The van der Waals surface area contributed by atoms with E-state index in [2.05, 4.69) is 17.6 Å². The van der Waals surface area contributed by atoms with Gasteiger partial charge in [0.25, 0.3) is 0 Å². The molecule has 0 radical (unpaired) electrons. The highest BCUT2D eigenvalue weighted by Crippen LogP contribution is 2.18. The summed E-state index contributed by atoms with van der Waals surface area (Å²) in [7, 11) is 0. The monoisotopic (exact) mass is 262 g/mol. The van der Waals surface area contributed by atoms with Gasteiger partial charge in [0, 0.05) is 24.9 Å². The van der Waals surface area contributed by atoms with Crippen LogP contribution >= 0.6 is 0 Å². The van der Waals surface area contributed by atoms with Crippen molar-refractivity contribution in [3.05, 3.63) is 30.3 Å². The molecule has 1 heterocycles. The summed E-state index contributed by atoms with van der Waals surface area (Å²) in [6.45, 7) is 4.18. The zero-order chi connectivity index (χ0) is 13.5. The van der Waals surface area contributed by atoms with E-state index in [1.807, 2.05) is 30.3 Å². The zero-order valence-corrected chi connectivity index (χ0v) is 11.4. The van der Waals surface area contributed by atoms with Gasteiger partial charge in [-0.2, -0.15) is 0 Å². The van der Waals surface area contributed by atoms with Crippen LogP contribution in [0.3, 0.4) is 0 Å². The van der Waals surface area contributed by atoms with Crippen molar-refractivity contribution in [2.45, 2.75) is 25.8 Å². The molecular formula is C15H22N2O2. The molecule has 104 valence electrons. The summed E-state index contributed by atoms with van der Waals surface area (Å²) >= 11 is 0. The number of benzene rings is 1. The summed E-state index contributed by atoms with van der Waals surface area (Å²) < 4.78 is 5.35. The Balaban J connectivity index is 1.71. The molecule has 1 amide bonds. The third-order valence-electron chi connectivity index (χ3n) is 3.62. The maximum Gasteiger partial charge on any atom is 0.238 e. The molecule has 1 aromatic carbocycles. The summed E-state index contributed by atoms with van der Waals surface area (Å²) in [5, 5.41) is 6.18. The third-order valence-corrected chi connectivity index (χ3v) is 3.62. The standard InChI is InChI=1S/C15H22N2O2/c1-12(13-7-9-19-10-8-13)16-11-15(18)17-14-5-3-2-4-6-14/h2-6,12-13,16H,7-11H2,1H3,(H,17,18). The Bertz CT molecular complexity index is 388. The lowest BCUT2D eigenvalue weighted by molar-refractivity contribution is -0.115. The number of ether oxygens (including phenoxy) is 1. The molecule has 1 aliphatic heterocycles. The maximum absolute atomic E-state index is 11.8. The van der Waals surface area contributed by atoms with Crippen LogP contribution in [-0.2, 0) is 9.53 Å². The van der Waals surface area contributed by atoms with Crippen molar-refractivity contribution in [3.63, 3.8) is 0 Å². The van der Waals surface area contributed by atoms with Crippen LogP contribution in [0.1, 0.15) is 19.8 Å². The van der Waals surface area contributed by atoms with Gasteiger partial charge in [0.05, 0.1) is 6.54 Å². The fourth-order valence-electron chi connectivity index (χ4n) is 2.36. The predicted molar refractivity (Wildman–Crippen MR) is 76.1 cm³/mol. The fourth-order valence-corrected chi connectivity index (χ4v) is 2.36. The first-order chi connectivity index (χ1) is 9.25. The quantitative estimate of drug-likeness (QED) is 0.853. The summed E-state index contributed by atoms with van der Waals surface area (Å²) in [6, 6.07) is 9.88. The van der Waals surface area contributed by atoms with E-state index in [4.69, 9.17) is 4.74 Å². The first-order valence-electron chi connectivity index (χ1n) is 6.92. The SMILES string of the molecule is CC(NCC(=O)Nc1ccccc1)C1CCOCC1. The fraction of sp³-hybridized carbons (Fsp3) is 0.533. The second kappa shape index (κ2) is 7.26. The number of amides is 1. The Morgan fingerprint density at radius 1 is 1.32 bits per heavy atom. The lowest BCUT2D eigenvalue weighted by Crippen LogP contribution is -2.40. The number of rotatable bonds is 5. The maximum atomic E-state index is 11.8. The molecule has 19 heavy (non-hydrogen) atoms. The highest BCUT2D eigenvalue weighted by molar-refractivity contribution is 5.92. The minimum Gasteiger partial charge on any atom is -0.381 e. The minimum atomic E-state index is 0.00473. The average molecular weight is 262 g/mol. The molecule has 4 heteroatoms. The van der Waals surface area contributed by atoms with E-state index < -0.39 is 0 Å². The van der Waals surface area contributed by atoms with Crippen LogP contribution in [0.2, 0.25) is 0 Å². The Morgan fingerprint density at radius 2 is 2.00 bits per heavy atom. The molecule has 2 rings (SSSR count). The van der Waals surface area contributed by atoms with Crippen molar-refractivity contribution < 1.29 is 9.53 Å². The molecular weight excluding hydrogens is 240 g/mol. The molecule has 1 fully saturated rings. The molecule has 1 aromatic rings. The number of carbonyl (C=O) groups excluding carboxylic acids is 1. The number of hydrogen-bond donors (Lipinski definition) is 2. The molecule has 1 atom stereocenters. The Labute approximate surface area is 114 Å². The van der Waals surface area contributed by atoms with Crippen molar-refractivity contribution in [1.82, 2.24) is 5.32 Å². The number of para-hydroxylation sites is 1. The van der Waals surface area contributed by atoms with Gasteiger partial charge < -0.3 is 15.4 Å². The molecule has 1 aliphatic rings. The Hall–Kier alpha value is -1.39. The summed E-state index contributed by atoms with van der Waals surface area (Å²) in [4.78, 5) is 11.8. The van der Waals surface area contributed by atoms with E-state index in [1.54, 1.807) is 0 Å². The van der Waals surface area contributed by atoms with Crippen LogP contribution in [0.15, 0.2) is 30.3 Å². The number of anilines is 1. The minimum absolute atomic E-state index is 0.00473. The van der Waals surface area contributed by atoms with Crippen molar-refractivity contribution in [2.24, 2.45) is 5.92 Å². The molecule has 4 nitrogen and oxygen atoms in total. The number of nitrogens with one attached hydrogen (secondary N) is 2. The lowest BCUT2D eigenvalue weighted by atomic mass is 9.93. The molecule has 0 aromatic heterocycles. The van der Waals surface area contributed by atoms with Gasteiger partial charge in [0.15, 0.2) is 0 Å². The third kappa shape index (κ3) is 4.65. The van der Waals surface area contributed by atoms with Crippen LogP contribution in [0.5, 0.6) is 0 Å². The average Bonchev–Trinajstić information content (AvgIpc) is 2.47. The molecule has 0 spiro atoms. The smallest absolute Gasteiger partial charge is 0.238 e. The predicted octanol–water partition coefficient (Wildman–Crippen LogP) is 2.03. The Morgan fingerprint density at radius 3 is 2.68 bits per heavy atom. The molecule has 0 aliphatic carbocycles. The van der Waals surface area contributed by atoms with Gasteiger partial charge in [0.1, 0.15) is 0 Å². The first-order valence-corrected chi connectivity index (χ1v) is 6.92. The van der Waals surface area contributed by atoms with Gasteiger partial charge in [-0.25, -0.2) is 0 Å². The summed E-state index contributed by atoms with van der Waals surface area (Å²) in [6.07, 6.45) is 2.16. The largest absolute Gasteiger partial charge is 0.381 e. The van der Waals surface area contributed by atoms with Gasteiger partial charge in [-0.1, -0.05) is 18.2 Å². The van der Waals surface area contributed by atoms with Crippen LogP contribution < -0.4 is 10.6 Å². The van der Waals surface area contributed by atoms with Crippen molar-refractivity contribution in [2.75, 3.05) is 25.1 Å². The van der Waals surface area contributed by atoms with E-state index in [0.717, 1.165) is 31.7 Å². The van der Waals surface area contributed by atoms with E-state index in [-0.39, 0.29) is 5.91 Å². The van der Waals surface area contributed by atoms with E-state index >= 15 is 0 Å². The second-order valence-electron chi connectivity index (χ2n) is 5.03. The van der Waals surface area contributed by atoms with Crippen molar-refractivity contribution in [1.29, 1.82) is 0 Å². The topological polar surface area (TPSA) is 50.4 Å². The Kier molecular flexibility index (Phi) is 5.36. The molecule has 1 unspecified atom stereocenters. The summed E-state index contributed by atoms with van der Waals surface area (Å²) in [5.74, 6) is 0.614. The molecule has 0 bridgehead atoms. The van der Waals surface area contributed by atoms with Gasteiger partial charge in [0.2, 0.25) is 5.91 Å². The zero-order valence-electron chi connectivity index (χ0n) is 11.4. The number of carbonyl (C=O) groups is 1. The summed E-state index contributed by atoms with van der Waals surface area (Å²) in [5.41, 5.74) is 0.841. The van der Waals surface area contributed by atoms with E-state index in [1.165, 1.54) is 0 Å². The highest BCUT2D eigenvalue weighted by Gasteiger charge is 2.20. The molecule has 0 saturated carbocycles. The van der Waals surface area contributed by atoms with Crippen LogP contribution in [-0.4, -0.2) is 31.7 Å². The van der Waals surface area contributed by atoms with Crippen LogP contribution in [0, 0.1) is 5.92 Å². The van der Waals surface area contributed by atoms with Gasteiger partial charge in [-0.3, -0.25) is 4.79 Å². The van der Waals surface area contributed by atoms with Gasteiger partial charge in [-0.15, -0.1) is 0 Å².